The summed E-state index contributed by atoms with van der Waals surface area (Å²) in [4.78, 5) is 50.4. The molecule has 1 saturated heterocycles. The maximum absolute atomic E-state index is 12.8. The normalized spacial score (nSPS) is 17.3. The molecule has 0 aromatic heterocycles. The van der Waals surface area contributed by atoms with Gasteiger partial charge in [-0.15, -0.1) is 0 Å². The zero-order chi connectivity index (χ0) is 24.7. The summed E-state index contributed by atoms with van der Waals surface area (Å²) in [6.07, 6.45) is 0.502. The highest BCUT2D eigenvalue weighted by Gasteiger charge is 2.39. The first-order valence-electron chi connectivity index (χ1n) is 11.0. The Morgan fingerprint density at radius 2 is 1.94 bits per heavy atom. The number of urea groups is 1. The van der Waals surface area contributed by atoms with Crippen LogP contribution in [-0.4, -0.2) is 39.8 Å². The third-order valence-electron chi connectivity index (χ3n) is 6.23. The van der Waals surface area contributed by atoms with E-state index in [1.165, 1.54) is 11.0 Å². The summed E-state index contributed by atoms with van der Waals surface area (Å²) in [6, 6.07) is 12.4. The second kappa shape index (κ2) is 8.92. The molecule has 2 heterocycles. The Morgan fingerprint density at radius 3 is 2.74 bits per heavy atom. The number of imide groups is 1. The quantitative estimate of drug-likeness (QED) is 0.415. The first-order chi connectivity index (χ1) is 16.8. The number of phenols is 1. The number of aromatic hydroxyl groups is 1. The van der Waals surface area contributed by atoms with E-state index >= 15 is 0 Å². The van der Waals surface area contributed by atoms with E-state index in [1.807, 2.05) is 6.07 Å². The number of nitrogens with one attached hydrogen (secondary N) is 3. The molecule has 0 radical (unpaired) electrons. The van der Waals surface area contributed by atoms with Crippen LogP contribution in [0.4, 0.5) is 10.5 Å². The molecule has 10 heteroatoms. The number of amides is 5. The molecule has 0 saturated carbocycles. The molecule has 0 bridgehead atoms. The summed E-state index contributed by atoms with van der Waals surface area (Å²) in [5, 5.41) is 19.2. The number of anilines is 1. The van der Waals surface area contributed by atoms with Gasteiger partial charge in [0.1, 0.15) is 11.8 Å². The van der Waals surface area contributed by atoms with Crippen LogP contribution in [0.5, 0.6) is 5.75 Å². The molecule has 178 valence electrons. The first-order valence-corrected chi connectivity index (χ1v) is 11.4. The van der Waals surface area contributed by atoms with Crippen LogP contribution in [0.15, 0.2) is 48.5 Å². The van der Waals surface area contributed by atoms with Crippen molar-refractivity contribution in [1.82, 2.24) is 15.5 Å². The molecular formula is C25H21ClN4O5. The molecular weight excluding hydrogens is 472 g/mol. The first kappa shape index (κ1) is 22.7. The molecule has 5 amide bonds. The minimum absolute atomic E-state index is 0.128. The number of nitrogens with zero attached hydrogens (tertiary/aromatic N) is 1. The summed E-state index contributed by atoms with van der Waals surface area (Å²) < 4.78 is 0. The lowest BCUT2D eigenvalue weighted by molar-refractivity contribution is -0.136. The number of carbonyl (C=O) groups excluding carboxylic acids is 4. The van der Waals surface area contributed by atoms with Crippen LogP contribution < -0.4 is 16.0 Å². The van der Waals surface area contributed by atoms with Gasteiger partial charge in [0.05, 0.1) is 10.7 Å². The minimum Gasteiger partial charge on any atom is -0.508 e. The second-order valence-electron chi connectivity index (χ2n) is 8.53. The van der Waals surface area contributed by atoms with Crippen LogP contribution in [0.3, 0.4) is 0 Å². The maximum atomic E-state index is 12.8. The molecule has 3 aromatic carbocycles. The van der Waals surface area contributed by atoms with Gasteiger partial charge in [-0.1, -0.05) is 29.8 Å². The summed E-state index contributed by atoms with van der Waals surface area (Å²) in [5.74, 6) is -0.897. The Bertz CT molecular complexity index is 1410. The molecule has 2 aliphatic heterocycles. The average Bonchev–Trinajstić information content (AvgIpc) is 3.15. The van der Waals surface area contributed by atoms with E-state index in [-0.39, 0.29) is 37.1 Å². The van der Waals surface area contributed by atoms with Crippen molar-refractivity contribution in [2.45, 2.75) is 32.0 Å². The molecule has 1 unspecified atom stereocenters. The molecule has 0 spiro atoms. The fourth-order valence-corrected chi connectivity index (χ4v) is 4.74. The zero-order valence-corrected chi connectivity index (χ0v) is 19.2. The SMILES string of the molecule is O=C1CCC(N2Cc3cc(CNC(=O)Nc4ccc5cc(O)ccc5c4Cl)ccc3C2=O)C(=O)N1. The highest BCUT2D eigenvalue weighted by atomic mass is 35.5. The van der Waals surface area contributed by atoms with Gasteiger partial charge in [0.2, 0.25) is 11.8 Å². The van der Waals surface area contributed by atoms with Crippen molar-refractivity contribution >= 4 is 51.8 Å². The van der Waals surface area contributed by atoms with Gasteiger partial charge in [0, 0.05) is 30.5 Å². The number of halogens is 1. The molecule has 35 heavy (non-hydrogen) atoms. The number of piperidine rings is 1. The predicted molar refractivity (Wildman–Crippen MR) is 129 cm³/mol. The fraction of sp³-hybridized carbons (Fsp3) is 0.200. The van der Waals surface area contributed by atoms with Crippen molar-refractivity contribution in [1.29, 1.82) is 0 Å². The summed E-state index contributed by atoms with van der Waals surface area (Å²) >= 11 is 6.42. The van der Waals surface area contributed by atoms with Gasteiger partial charge in [0.25, 0.3) is 5.91 Å². The summed E-state index contributed by atoms with van der Waals surface area (Å²) in [7, 11) is 0. The van der Waals surface area contributed by atoms with Crippen molar-refractivity contribution in [2.75, 3.05) is 5.32 Å². The van der Waals surface area contributed by atoms with E-state index in [1.54, 1.807) is 36.4 Å². The van der Waals surface area contributed by atoms with E-state index in [4.69, 9.17) is 11.6 Å². The number of hydrogen-bond donors (Lipinski definition) is 4. The number of benzene rings is 3. The van der Waals surface area contributed by atoms with Crippen LogP contribution in [0.1, 0.15) is 34.3 Å². The molecule has 2 aliphatic rings. The van der Waals surface area contributed by atoms with Gasteiger partial charge in [-0.2, -0.15) is 0 Å². The van der Waals surface area contributed by atoms with E-state index in [0.717, 1.165) is 16.5 Å². The Hall–Kier alpha value is -4.11. The smallest absolute Gasteiger partial charge is 0.319 e. The van der Waals surface area contributed by atoms with Gasteiger partial charge in [-0.25, -0.2) is 4.79 Å². The van der Waals surface area contributed by atoms with Crippen LogP contribution in [0, 0.1) is 0 Å². The topological polar surface area (TPSA) is 128 Å². The van der Waals surface area contributed by atoms with E-state index in [0.29, 0.717) is 28.1 Å². The lowest BCUT2D eigenvalue weighted by atomic mass is 10.0. The van der Waals surface area contributed by atoms with Crippen molar-refractivity contribution in [2.24, 2.45) is 0 Å². The van der Waals surface area contributed by atoms with Crippen LogP contribution in [0.2, 0.25) is 5.02 Å². The minimum atomic E-state index is -0.671. The van der Waals surface area contributed by atoms with E-state index in [2.05, 4.69) is 16.0 Å². The van der Waals surface area contributed by atoms with Gasteiger partial charge in [-0.3, -0.25) is 19.7 Å². The van der Waals surface area contributed by atoms with Crippen LogP contribution in [-0.2, 0) is 22.7 Å². The summed E-state index contributed by atoms with van der Waals surface area (Å²) in [5.41, 5.74) is 2.50. The van der Waals surface area contributed by atoms with Crippen molar-refractivity contribution in [3.8, 4) is 5.75 Å². The monoisotopic (exact) mass is 492 g/mol. The molecule has 3 aromatic rings. The average molecular weight is 493 g/mol. The van der Waals surface area contributed by atoms with Crippen LogP contribution >= 0.6 is 11.6 Å². The van der Waals surface area contributed by atoms with Gasteiger partial charge in [0.15, 0.2) is 0 Å². The number of carbonyl (C=O) groups is 4. The Labute approximate surface area is 205 Å². The number of rotatable bonds is 4. The van der Waals surface area contributed by atoms with Crippen LogP contribution in [0.25, 0.3) is 10.8 Å². The molecule has 9 nitrogen and oxygen atoms in total. The predicted octanol–water partition coefficient (Wildman–Crippen LogP) is 3.28. The zero-order valence-electron chi connectivity index (χ0n) is 18.4. The number of fused-ring (bicyclic) bond motifs is 2. The summed E-state index contributed by atoms with van der Waals surface area (Å²) in [6.45, 7) is 0.480. The van der Waals surface area contributed by atoms with E-state index < -0.39 is 18.0 Å². The molecule has 1 atom stereocenters. The van der Waals surface area contributed by atoms with Gasteiger partial charge < -0.3 is 20.6 Å². The highest BCUT2D eigenvalue weighted by molar-refractivity contribution is 6.38. The maximum Gasteiger partial charge on any atom is 0.319 e. The molecule has 5 rings (SSSR count). The molecule has 1 fully saturated rings. The van der Waals surface area contributed by atoms with Crippen molar-refractivity contribution < 1.29 is 24.3 Å². The molecule has 0 aliphatic carbocycles. The second-order valence-corrected chi connectivity index (χ2v) is 8.91. The Balaban J connectivity index is 1.23. The lowest BCUT2D eigenvalue weighted by Crippen LogP contribution is -2.52. The lowest BCUT2D eigenvalue weighted by Gasteiger charge is -2.29. The third kappa shape index (κ3) is 4.38. The standard InChI is InChI=1S/C25H21ClN4O5/c26-22-17-5-3-16(31)10-14(17)2-6-19(22)28-25(35)27-11-13-1-4-18-15(9-13)12-30(24(18)34)20-7-8-21(32)29-23(20)33/h1-6,9-10,20,31H,7-8,11-12H2,(H2,27,28,35)(H,29,32,33). The fourth-order valence-electron chi connectivity index (χ4n) is 4.46. The van der Waals surface area contributed by atoms with Gasteiger partial charge in [-0.05, 0) is 53.3 Å². The third-order valence-corrected chi connectivity index (χ3v) is 6.63. The number of hydrogen-bond acceptors (Lipinski definition) is 5. The highest BCUT2D eigenvalue weighted by Crippen LogP contribution is 2.33. The largest absolute Gasteiger partial charge is 0.508 e. The Kier molecular flexibility index (Phi) is 5.78. The van der Waals surface area contributed by atoms with Crippen molar-refractivity contribution in [3.05, 3.63) is 70.2 Å². The molecule has 4 N–H and O–H groups in total. The Morgan fingerprint density at radius 1 is 1.11 bits per heavy atom. The number of phenolic OH excluding ortho intramolecular Hbond substituents is 1. The van der Waals surface area contributed by atoms with Gasteiger partial charge >= 0.3 is 6.03 Å². The van der Waals surface area contributed by atoms with Crippen molar-refractivity contribution in [3.63, 3.8) is 0 Å². The van der Waals surface area contributed by atoms with E-state index in [9.17, 15) is 24.3 Å².